The van der Waals surface area contributed by atoms with Crippen LogP contribution in [0.5, 0.6) is 5.75 Å². The molecule has 2 rings (SSSR count). The number of nitrogens with one attached hydrogen (secondary N) is 1. The second-order valence-electron chi connectivity index (χ2n) is 6.55. The van der Waals surface area contributed by atoms with E-state index >= 15 is 0 Å². The van der Waals surface area contributed by atoms with Gasteiger partial charge in [0, 0.05) is 18.2 Å². The van der Waals surface area contributed by atoms with Crippen molar-refractivity contribution in [2.45, 2.75) is 64.6 Å². The third-order valence-corrected chi connectivity index (χ3v) is 4.34. The Kier molecular flexibility index (Phi) is 7.37. The van der Waals surface area contributed by atoms with Crippen LogP contribution in [0.4, 0.5) is 4.79 Å². The zero-order valence-electron chi connectivity index (χ0n) is 14.8. The van der Waals surface area contributed by atoms with Crippen LogP contribution < -0.4 is 10.1 Å². The first-order valence-corrected chi connectivity index (χ1v) is 9.04. The molecule has 0 aliphatic heterocycles. The summed E-state index contributed by atoms with van der Waals surface area (Å²) in [6, 6.07) is 7.90. The molecule has 1 atom stereocenters. The number of nitrogens with zero attached hydrogens (tertiary/aromatic N) is 1. The summed E-state index contributed by atoms with van der Waals surface area (Å²) in [7, 11) is 0. The maximum atomic E-state index is 12.7. The van der Waals surface area contributed by atoms with Gasteiger partial charge in [-0.1, -0.05) is 37.5 Å². The molecule has 1 fully saturated rings. The lowest BCUT2D eigenvalue weighted by molar-refractivity contribution is 0.126. The van der Waals surface area contributed by atoms with Crippen LogP contribution in [0.2, 0.25) is 0 Å². The summed E-state index contributed by atoms with van der Waals surface area (Å²) in [5.41, 5.74) is 0.957. The van der Waals surface area contributed by atoms with E-state index in [1.165, 1.54) is 19.3 Å². The largest absolute Gasteiger partial charge is 0.494 e. The Labute approximate surface area is 145 Å². The van der Waals surface area contributed by atoms with Gasteiger partial charge in [-0.05, 0) is 32.8 Å². The van der Waals surface area contributed by atoms with Crippen molar-refractivity contribution in [3.05, 3.63) is 29.8 Å². The van der Waals surface area contributed by atoms with Gasteiger partial charge in [0.2, 0.25) is 0 Å². The number of benzene rings is 1. The van der Waals surface area contributed by atoms with Crippen LogP contribution in [0, 0.1) is 0 Å². The zero-order chi connectivity index (χ0) is 17.4. The predicted octanol–water partition coefficient (Wildman–Crippen LogP) is 3.31. The van der Waals surface area contributed by atoms with Gasteiger partial charge < -0.3 is 20.1 Å². The maximum absolute atomic E-state index is 12.7. The average Bonchev–Trinajstić information content (AvgIpc) is 2.56. The lowest BCUT2D eigenvalue weighted by Crippen LogP contribution is -2.47. The summed E-state index contributed by atoms with van der Waals surface area (Å²) < 4.78 is 5.65. The third kappa shape index (κ3) is 5.71. The molecular weight excluding hydrogens is 304 g/mol. The molecule has 2 amide bonds. The van der Waals surface area contributed by atoms with Crippen LogP contribution in [0.25, 0.3) is 0 Å². The Bertz CT molecular complexity index is 513. The molecule has 1 unspecified atom stereocenters. The van der Waals surface area contributed by atoms with Crippen molar-refractivity contribution in [2.24, 2.45) is 0 Å². The summed E-state index contributed by atoms with van der Waals surface area (Å²) in [4.78, 5) is 14.4. The highest BCUT2D eigenvalue weighted by Crippen LogP contribution is 2.21. The fourth-order valence-electron chi connectivity index (χ4n) is 3.19. The lowest BCUT2D eigenvalue weighted by Gasteiger charge is -2.29. The van der Waals surface area contributed by atoms with Gasteiger partial charge in [0.1, 0.15) is 5.75 Å². The van der Waals surface area contributed by atoms with Crippen LogP contribution in [0.1, 0.15) is 51.5 Å². The number of urea groups is 1. The molecule has 0 bridgehead atoms. The van der Waals surface area contributed by atoms with Crippen molar-refractivity contribution in [3.8, 4) is 5.75 Å². The Morgan fingerprint density at radius 2 is 2.04 bits per heavy atom. The normalized spacial score (nSPS) is 16.5. The predicted molar refractivity (Wildman–Crippen MR) is 95.1 cm³/mol. The quantitative estimate of drug-likeness (QED) is 0.804. The van der Waals surface area contributed by atoms with Gasteiger partial charge in [0.25, 0.3) is 0 Å². The summed E-state index contributed by atoms with van der Waals surface area (Å²) in [5.74, 6) is 0.793. The second-order valence-corrected chi connectivity index (χ2v) is 6.55. The molecule has 1 aromatic rings. The number of carbonyl (C=O) groups is 1. The Morgan fingerprint density at radius 3 is 2.71 bits per heavy atom. The molecule has 0 aromatic heterocycles. The van der Waals surface area contributed by atoms with Gasteiger partial charge in [-0.15, -0.1) is 0 Å². The number of amides is 2. The van der Waals surface area contributed by atoms with Crippen molar-refractivity contribution < 1.29 is 14.6 Å². The molecule has 1 aromatic carbocycles. The monoisotopic (exact) mass is 334 g/mol. The van der Waals surface area contributed by atoms with Crippen molar-refractivity contribution in [2.75, 3.05) is 13.2 Å². The summed E-state index contributed by atoms with van der Waals surface area (Å²) in [5, 5.41) is 12.9. The fraction of sp³-hybridized carbons (Fsp3) is 0.632. The van der Waals surface area contributed by atoms with E-state index in [1.807, 2.05) is 31.2 Å². The molecule has 0 spiro atoms. The van der Waals surface area contributed by atoms with Gasteiger partial charge in [-0.3, -0.25) is 0 Å². The number of aliphatic hydroxyl groups excluding tert-OH is 1. The summed E-state index contributed by atoms with van der Waals surface area (Å²) >= 11 is 0. The van der Waals surface area contributed by atoms with Crippen LogP contribution >= 0.6 is 0 Å². The summed E-state index contributed by atoms with van der Waals surface area (Å²) in [6.07, 6.45) is 5.13. The maximum Gasteiger partial charge on any atom is 0.318 e. The first kappa shape index (κ1) is 18.6. The highest BCUT2D eigenvalue weighted by molar-refractivity contribution is 5.74. The Morgan fingerprint density at radius 1 is 1.33 bits per heavy atom. The van der Waals surface area contributed by atoms with E-state index in [-0.39, 0.29) is 12.1 Å². The lowest BCUT2D eigenvalue weighted by atomic mass is 9.96. The van der Waals surface area contributed by atoms with Gasteiger partial charge in [-0.25, -0.2) is 4.79 Å². The van der Waals surface area contributed by atoms with Crippen molar-refractivity contribution in [1.29, 1.82) is 0 Å². The standard InChI is InChI=1S/C19H30N2O3/c1-3-24-18-12-8-7-9-16(18)14-21(13-15(2)22)19(23)20-17-10-5-4-6-11-17/h7-9,12,15,17,22H,3-6,10-11,13-14H2,1-2H3,(H,20,23). The number of aliphatic hydroxyl groups is 1. The van der Waals surface area contributed by atoms with Gasteiger partial charge in [0.15, 0.2) is 0 Å². The van der Waals surface area contributed by atoms with Crippen molar-refractivity contribution >= 4 is 6.03 Å². The number of ether oxygens (including phenoxy) is 1. The minimum Gasteiger partial charge on any atom is -0.494 e. The topological polar surface area (TPSA) is 61.8 Å². The molecule has 0 radical (unpaired) electrons. The molecule has 0 heterocycles. The van der Waals surface area contributed by atoms with Crippen molar-refractivity contribution in [3.63, 3.8) is 0 Å². The van der Waals surface area contributed by atoms with Crippen LogP contribution in [0.3, 0.4) is 0 Å². The Balaban J connectivity index is 2.05. The molecule has 24 heavy (non-hydrogen) atoms. The zero-order valence-corrected chi connectivity index (χ0v) is 14.8. The van der Waals surface area contributed by atoms with Crippen molar-refractivity contribution in [1.82, 2.24) is 10.2 Å². The van der Waals surface area contributed by atoms with E-state index in [0.29, 0.717) is 19.7 Å². The molecule has 1 aliphatic carbocycles. The molecule has 5 heteroatoms. The van der Waals surface area contributed by atoms with E-state index in [9.17, 15) is 9.90 Å². The van der Waals surface area contributed by atoms with Crippen LogP contribution in [-0.4, -0.2) is 41.3 Å². The van der Waals surface area contributed by atoms with E-state index in [4.69, 9.17) is 4.74 Å². The molecule has 5 nitrogen and oxygen atoms in total. The molecule has 1 aliphatic rings. The number of hydrogen-bond donors (Lipinski definition) is 2. The SMILES string of the molecule is CCOc1ccccc1CN(CC(C)O)C(=O)NC1CCCCC1. The first-order chi connectivity index (χ1) is 11.6. The number of para-hydroxylation sites is 1. The van der Waals surface area contributed by atoms with E-state index in [2.05, 4.69) is 5.32 Å². The summed E-state index contributed by atoms with van der Waals surface area (Å²) in [6.45, 7) is 4.97. The van der Waals surface area contributed by atoms with Crippen LogP contribution in [-0.2, 0) is 6.54 Å². The Hall–Kier alpha value is -1.75. The minimum absolute atomic E-state index is 0.103. The van der Waals surface area contributed by atoms with Gasteiger partial charge >= 0.3 is 6.03 Å². The third-order valence-electron chi connectivity index (χ3n) is 4.34. The molecule has 0 saturated heterocycles. The number of hydrogen-bond acceptors (Lipinski definition) is 3. The first-order valence-electron chi connectivity index (χ1n) is 9.04. The van der Waals surface area contributed by atoms with E-state index in [1.54, 1.807) is 11.8 Å². The fourth-order valence-corrected chi connectivity index (χ4v) is 3.19. The van der Waals surface area contributed by atoms with Crippen LogP contribution in [0.15, 0.2) is 24.3 Å². The number of carbonyl (C=O) groups excluding carboxylic acids is 1. The molecule has 1 saturated carbocycles. The molecule has 134 valence electrons. The number of rotatable bonds is 7. The van der Waals surface area contributed by atoms with E-state index < -0.39 is 6.10 Å². The minimum atomic E-state index is -0.568. The smallest absolute Gasteiger partial charge is 0.318 e. The average molecular weight is 334 g/mol. The highest BCUT2D eigenvalue weighted by atomic mass is 16.5. The second kappa shape index (κ2) is 9.52. The molecule has 2 N–H and O–H groups in total. The van der Waals surface area contributed by atoms with Gasteiger partial charge in [-0.2, -0.15) is 0 Å². The molecular formula is C19H30N2O3. The van der Waals surface area contributed by atoms with E-state index in [0.717, 1.165) is 24.2 Å². The van der Waals surface area contributed by atoms with Gasteiger partial charge in [0.05, 0.1) is 19.3 Å². The highest BCUT2D eigenvalue weighted by Gasteiger charge is 2.22.